The van der Waals surface area contributed by atoms with Gasteiger partial charge in [-0.25, -0.2) is 28.6 Å². The number of carbonyl (C=O) groups excluding carboxylic acids is 1. The minimum Gasteiger partial charge on any atom is -0.387 e. The van der Waals surface area contributed by atoms with Crippen LogP contribution in [0.4, 0.5) is 5.82 Å². The van der Waals surface area contributed by atoms with E-state index < -0.39 is 91.7 Å². The topological polar surface area (TPSA) is 364 Å². The van der Waals surface area contributed by atoms with Crippen LogP contribution in [0.2, 0.25) is 0 Å². The average Bonchev–Trinajstić information content (AvgIpc) is 3.64. The molecular formula is C21H30N7O17P3. The van der Waals surface area contributed by atoms with Crippen molar-refractivity contribution in [2.24, 2.45) is 5.73 Å². The van der Waals surface area contributed by atoms with E-state index in [0.29, 0.717) is 0 Å². The van der Waals surface area contributed by atoms with Gasteiger partial charge in [0.2, 0.25) is 5.91 Å². The lowest BCUT2D eigenvalue weighted by Gasteiger charge is -2.28. The van der Waals surface area contributed by atoms with Gasteiger partial charge in [-0.05, 0) is 6.42 Å². The molecule has 11 N–H and O–H groups in total. The Morgan fingerprint density at radius 2 is 1.56 bits per heavy atom. The number of allylic oxidation sites excluding steroid dienone is 1. The molecule has 0 aromatic carbocycles. The molecule has 2 unspecified atom stereocenters. The zero-order valence-electron chi connectivity index (χ0n) is 24.1. The third-order valence-electron chi connectivity index (χ3n) is 7.11. The molecule has 0 bridgehead atoms. The summed E-state index contributed by atoms with van der Waals surface area (Å²) < 4.78 is 67.2. The van der Waals surface area contributed by atoms with Crippen LogP contribution in [0.5, 0.6) is 0 Å². The Hall–Kier alpha value is -2.73. The van der Waals surface area contributed by atoms with Crippen LogP contribution in [-0.2, 0) is 45.8 Å². The molecule has 0 aliphatic carbocycles. The maximum atomic E-state index is 12.6. The van der Waals surface area contributed by atoms with Crippen LogP contribution in [0, 0.1) is 0 Å². The maximum Gasteiger partial charge on any atom is 0.481 e. The number of nitrogen functional groups attached to an aromatic ring is 1. The number of rotatable bonds is 13. The quantitative estimate of drug-likeness (QED) is 0.0951. The number of aliphatic hydroxyl groups is 3. The van der Waals surface area contributed by atoms with Crippen LogP contribution in [0.15, 0.2) is 36.7 Å². The SMILES string of the molecule is NC(=O)C1=CN([C@@H]2O[C@H](COP(=O)(O)OP(=O)(O)OC[C@@H]3O[C@H](n4cnc5c(N)ncnc54)[C@H](OP(=O)(O)O)[C@@H]3O)[C@H](O)[C@H]2O)C=CC1. The zero-order valence-corrected chi connectivity index (χ0v) is 26.8. The number of hydrogen-bond acceptors (Lipinski definition) is 18. The second-order valence-electron chi connectivity index (χ2n) is 10.4. The Morgan fingerprint density at radius 1 is 0.938 bits per heavy atom. The molecule has 5 rings (SSSR count). The number of amides is 1. The normalized spacial score (nSPS) is 31.9. The molecule has 3 aliphatic rings. The van der Waals surface area contributed by atoms with E-state index in [1.54, 1.807) is 0 Å². The number of imidazole rings is 1. The van der Waals surface area contributed by atoms with Crippen LogP contribution in [0.25, 0.3) is 11.2 Å². The fraction of sp³-hybridized carbons (Fsp3) is 0.524. The first-order valence-corrected chi connectivity index (χ1v) is 18.0. The lowest BCUT2D eigenvalue weighted by molar-refractivity contribution is -0.115. The zero-order chi connectivity index (χ0) is 35.2. The Bertz CT molecular complexity index is 1740. The number of fused-ring (bicyclic) bond motifs is 1. The largest absolute Gasteiger partial charge is 0.481 e. The lowest BCUT2D eigenvalue weighted by atomic mass is 10.1. The van der Waals surface area contributed by atoms with E-state index in [-0.39, 0.29) is 29.0 Å². The van der Waals surface area contributed by atoms with Crippen LogP contribution in [-0.4, -0.2) is 121 Å². The van der Waals surface area contributed by atoms with Crippen molar-refractivity contribution in [3.8, 4) is 0 Å². The number of aromatic nitrogens is 4. The molecule has 0 saturated carbocycles. The molecule has 0 spiro atoms. The minimum atomic E-state index is -5.52. The third kappa shape index (κ3) is 8.17. The van der Waals surface area contributed by atoms with E-state index in [4.69, 9.17) is 30.0 Å². The summed E-state index contributed by atoms with van der Waals surface area (Å²) in [5.41, 5.74) is 11.3. The van der Waals surface area contributed by atoms with E-state index in [2.05, 4.69) is 23.8 Å². The molecule has 2 aromatic heterocycles. The van der Waals surface area contributed by atoms with Gasteiger partial charge < -0.3 is 60.7 Å². The van der Waals surface area contributed by atoms with Crippen LogP contribution >= 0.6 is 23.5 Å². The van der Waals surface area contributed by atoms with Crippen molar-refractivity contribution in [2.75, 3.05) is 18.9 Å². The van der Waals surface area contributed by atoms with Gasteiger partial charge in [0.05, 0.1) is 19.5 Å². The second-order valence-corrected chi connectivity index (χ2v) is 14.6. The lowest BCUT2D eigenvalue weighted by Crippen LogP contribution is -2.40. The highest BCUT2D eigenvalue weighted by Crippen LogP contribution is 2.61. The fourth-order valence-corrected chi connectivity index (χ4v) is 7.57. The van der Waals surface area contributed by atoms with Gasteiger partial charge in [0, 0.05) is 18.0 Å². The third-order valence-corrected chi connectivity index (χ3v) is 10.2. The monoisotopic (exact) mass is 745 g/mol. The molecule has 266 valence electrons. The highest BCUT2D eigenvalue weighted by molar-refractivity contribution is 7.61. The molecule has 24 nitrogen and oxygen atoms in total. The summed E-state index contributed by atoms with van der Waals surface area (Å²) in [6.07, 6.45) is -6.47. The van der Waals surface area contributed by atoms with Gasteiger partial charge in [-0.2, -0.15) is 4.31 Å². The number of primary amides is 1. The van der Waals surface area contributed by atoms with Crippen LogP contribution in [0.3, 0.4) is 0 Å². The number of carbonyl (C=O) groups is 1. The Labute approximate surface area is 268 Å². The van der Waals surface area contributed by atoms with Crippen molar-refractivity contribution >= 4 is 46.4 Å². The van der Waals surface area contributed by atoms with Gasteiger partial charge in [-0.3, -0.25) is 22.9 Å². The Morgan fingerprint density at radius 3 is 2.19 bits per heavy atom. The van der Waals surface area contributed by atoms with Crippen molar-refractivity contribution in [3.63, 3.8) is 0 Å². The van der Waals surface area contributed by atoms with E-state index in [1.165, 1.54) is 23.4 Å². The van der Waals surface area contributed by atoms with Crippen molar-refractivity contribution in [1.82, 2.24) is 24.4 Å². The van der Waals surface area contributed by atoms with E-state index in [9.17, 15) is 53.4 Å². The number of hydrogen-bond donors (Lipinski definition) is 9. The molecule has 1 amide bonds. The highest BCUT2D eigenvalue weighted by atomic mass is 31.3. The van der Waals surface area contributed by atoms with E-state index in [0.717, 1.165) is 17.2 Å². The first-order valence-electron chi connectivity index (χ1n) is 13.5. The maximum absolute atomic E-state index is 12.6. The predicted octanol–water partition coefficient (Wildman–Crippen LogP) is -2.57. The molecule has 27 heteroatoms. The van der Waals surface area contributed by atoms with E-state index in [1.807, 2.05) is 0 Å². The van der Waals surface area contributed by atoms with Crippen molar-refractivity contribution < 1.29 is 80.7 Å². The van der Waals surface area contributed by atoms with Gasteiger partial charge in [0.15, 0.2) is 23.9 Å². The molecule has 2 aromatic rings. The van der Waals surface area contributed by atoms with E-state index >= 15 is 0 Å². The Kier molecular flexibility index (Phi) is 10.6. The molecule has 0 radical (unpaired) electrons. The number of nitrogens with two attached hydrogens (primary N) is 2. The summed E-state index contributed by atoms with van der Waals surface area (Å²) in [5, 5.41) is 31.5. The van der Waals surface area contributed by atoms with Gasteiger partial charge in [-0.1, -0.05) is 6.08 Å². The summed E-state index contributed by atoms with van der Waals surface area (Å²) in [7, 11) is -16.3. The van der Waals surface area contributed by atoms with Gasteiger partial charge in [-0.15, -0.1) is 0 Å². The van der Waals surface area contributed by atoms with Crippen molar-refractivity contribution in [3.05, 3.63) is 36.7 Å². The average molecular weight is 745 g/mol. The number of anilines is 1. The molecule has 3 aliphatic heterocycles. The molecular weight excluding hydrogens is 715 g/mol. The Balaban J connectivity index is 1.20. The summed E-state index contributed by atoms with van der Waals surface area (Å²) in [6.45, 7) is -2.02. The number of nitrogens with zero attached hydrogens (tertiary/aromatic N) is 5. The minimum absolute atomic E-state index is 0.00424. The van der Waals surface area contributed by atoms with Crippen LogP contribution in [0.1, 0.15) is 12.6 Å². The molecule has 48 heavy (non-hydrogen) atoms. The summed E-state index contributed by atoms with van der Waals surface area (Å²) in [6, 6.07) is 0. The molecule has 2 saturated heterocycles. The van der Waals surface area contributed by atoms with Crippen molar-refractivity contribution in [2.45, 2.75) is 55.5 Å². The summed E-state index contributed by atoms with van der Waals surface area (Å²) in [4.78, 5) is 63.4. The predicted molar refractivity (Wildman–Crippen MR) is 153 cm³/mol. The standard InChI is InChI=1S/C21H30N7O17P3/c22-17-12-19(25-7-24-17)28(8-26-12)21-16(44-46(33,34)35)14(30)11(43-21)6-41-48(38,39)45-47(36,37)40-5-10-13(29)15(31)20(42-10)27-3-1-2-9(4-27)18(23)32/h1,3-4,7-8,10-11,13-16,20-21,29-31H,2,5-6H2,(H2,23,32)(H,36,37)(H,38,39)(H2,22,24,25)(H2,33,34,35)/t10-,11+,13+,14-,15-,16-,20-,21+/m1/s1. The first kappa shape index (κ1) is 36.5. The van der Waals surface area contributed by atoms with Gasteiger partial charge in [0.1, 0.15) is 48.5 Å². The first-order chi connectivity index (χ1) is 22.4. The highest BCUT2D eigenvalue weighted by Gasteiger charge is 2.51. The second kappa shape index (κ2) is 13.9. The smallest absolute Gasteiger partial charge is 0.387 e. The molecule has 10 atom stereocenters. The van der Waals surface area contributed by atoms with Gasteiger partial charge >= 0.3 is 23.5 Å². The summed E-state index contributed by atoms with van der Waals surface area (Å²) in [5.74, 6) is -0.791. The number of phosphoric ester groups is 3. The van der Waals surface area contributed by atoms with Gasteiger partial charge in [0.25, 0.3) is 0 Å². The number of phosphoric acid groups is 3. The number of aliphatic hydroxyl groups excluding tert-OH is 3. The number of ether oxygens (including phenoxy) is 2. The molecule has 5 heterocycles. The molecule has 2 fully saturated rings. The summed E-state index contributed by atoms with van der Waals surface area (Å²) >= 11 is 0. The van der Waals surface area contributed by atoms with Crippen molar-refractivity contribution in [1.29, 1.82) is 0 Å². The van der Waals surface area contributed by atoms with Crippen LogP contribution < -0.4 is 11.5 Å². The fourth-order valence-electron chi connectivity index (χ4n) is 4.93.